The fourth-order valence-electron chi connectivity index (χ4n) is 2.11. The average molecular weight is 215 g/mol. The monoisotopic (exact) mass is 215 g/mol. The van der Waals surface area contributed by atoms with E-state index in [0.717, 1.165) is 11.3 Å². The summed E-state index contributed by atoms with van der Waals surface area (Å²) in [7, 11) is -1.87. The molecule has 0 aromatic heterocycles. The molecule has 0 aromatic carbocycles. The fourth-order valence-corrected chi connectivity index (χ4v) is 5.74. The van der Waals surface area contributed by atoms with E-state index in [0.29, 0.717) is 0 Å². The Morgan fingerprint density at radius 2 is 1.08 bits per heavy atom. The molecule has 1 nitrogen and oxygen atoms in total. The number of rotatable bonds is 2. The van der Waals surface area contributed by atoms with Gasteiger partial charge in [0, 0.05) is 0 Å². The first-order chi connectivity index (χ1) is 5.71. The third kappa shape index (κ3) is 2.93. The maximum absolute atomic E-state index is 3.89. The van der Waals surface area contributed by atoms with Crippen LogP contribution in [0.4, 0.5) is 0 Å². The molecule has 1 fully saturated rings. The molecule has 0 saturated carbocycles. The smallest absolute Gasteiger partial charge is 0.0635 e. The van der Waals surface area contributed by atoms with Gasteiger partial charge in [-0.2, -0.15) is 0 Å². The molecular weight excluding hydrogens is 190 g/mol. The van der Waals surface area contributed by atoms with Crippen LogP contribution in [0.25, 0.3) is 0 Å². The van der Waals surface area contributed by atoms with Crippen LogP contribution in [-0.2, 0) is 0 Å². The summed E-state index contributed by atoms with van der Waals surface area (Å²) in [5.41, 5.74) is 1.76. The zero-order chi connectivity index (χ0) is 10.3. The minimum atomic E-state index is -0.934. The molecule has 0 aliphatic carbocycles. The molecule has 0 radical (unpaired) electrons. The van der Waals surface area contributed by atoms with Gasteiger partial charge in [-0.1, -0.05) is 39.3 Å². The number of nitrogens with one attached hydrogen (secondary N) is 1. The van der Waals surface area contributed by atoms with E-state index >= 15 is 0 Å². The van der Waals surface area contributed by atoms with Gasteiger partial charge in [0.2, 0.25) is 0 Å². The molecule has 1 saturated heterocycles. The van der Waals surface area contributed by atoms with Gasteiger partial charge < -0.3 is 5.32 Å². The highest BCUT2D eigenvalue weighted by Crippen LogP contribution is 2.25. The van der Waals surface area contributed by atoms with Crippen LogP contribution in [-0.4, -0.2) is 27.5 Å². The zero-order valence-corrected chi connectivity index (χ0v) is 12.1. The molecule has 3 heteroatoms. The van der Waals surface area contributed by atoms with Crippen LogP contribution in [0.5, 0.6) is 0 Å². The van der Waals surface area contributed by atoms with Crippen molar-refractivity contribution in [1.29, 1.82) is 0 Å². The molecular formula is C10H25NSi2. The highest BCUT2D eigenvalue weighted by atomic mass is 28.3. The Kier molecular flexibility index (Phi) is 3.10. The lowest BCUT2D eigenvalue weighted by Crippen LogP contribution is -2.53. The highest BCUT2D eigenvalue weighted by molar-refractivity contribution is 6.79. The summed E-state index contributed by atoms with van der Waals surface area (Å²) in [6, 6.07) is 0. The molecule has 2 unspecified atom stereocenters. The molecule has 1 rings (SSSR count). The van der Waals surface area contributed by atoms with Crippen molar-refractivity contribution in [1.82, 2.24) is 5.32 Å². The van der Waals surface area contributed by atoms with E-state index in [9.17, 15) is 0 Å². The largest absolute Gasteiger partial charge is 0.316 e. The van der Waals surface area contributed by atoms with E-state index < -0.39 is 16.1 Å². The lowest BCUT2D eigenvalue weighted by molar-refractivity contribution is 0.717. The summed E-state index contributed by atoms with van der Waals surface area (Å²) in [6.07, 6.45) is 2.87. The molecule has 1 aliphatic rings. The normalized spacial score (nSPS) is 30.9. The summed E-state index contributed by atoms with van der Waals surface area (Å²) in [4.78, 5) is 0. The van der Waals surface area contributed by atoms with Crippen molar-refractivity contribution in [2.45, 2.75) is 63.5 Å². The van der Waals surface area contributed by atoms with Crippen LogP contribution in [0, 0.1) is 0 Å². The summed E-state index contributed by atoms with van der Waals surface area (Å²) < 4.78 is 0. The van der Waals surface area contributed by atoms with Crippen LogP contribution in [0.2, 0.25) is 39.3 Å². The standard InChI is InChI=1S/C10H25NSi2/c1-12(2,3)9-7-8-10(11-9)13(4,5)6/h9-11H,7-8H2,1-6H3. The molecule has 0 spiro atoms. The van der Waals surface area contributed by atoms with Crippen molar-refractivity contribution < 1.29 is 0 Å². The van der Waals surface area contributed by atoms with E-state index in [-0.39, 0.29) is 0 Å². The van der Waals surface area contributed by atoms with Gasteiger partial charge in [0.15, 0.2) is 0 Å². The van der Waals surface area contributed by atoms with Crippen LogP contribution in [0.15, 0.2) is 0 Å². The second kappa shape index (κ2) is 3.52. The average Bonchev–Trinajstić information content (AvgIpc) is 2.28. The second-order valence-electron chi connectivity index (χ2n) is 6.58. The zero-order valence-electron chi connectivity index (χ0n) is 10.1. The summed E-state index contributed by atoms with van der Waals surface area (Å²) >= 11 is 0. The van der Waals surface area contributed by atoms with Gasteiger partial charge in [-0.15, -0.1) is 0 Å². The number of hydrogen-bond acceptors (Lipinski definition) is 1. The highest BCUT2D eigenvalue weighted by Gasteiger charge is 2.38. The summed E-state index contributed by atoms with van der Waals surface area (Å²) in [5, 5.41) is 3.89. The van der Waals surface area contributed by atoms with Crippen molar-refractivity contribution in [3.05, 3.63) is 0 Å². The summed E-state index contributed by atoms with van der Waals surface area (Å²) in [5.74, 6) is 0. The Hall–Kier alpha value is 0.394. The minimum Gasteiger partial charge on any atom is -0.316 e. The van der Waals surface area contributed by atoms with Gasteiger partial charge in [0.1, 0.15) is 0 Å². The van der Waals surface area contributed by atoms with E-state index in [1.807, 2.05) is 0 Å². The molecule has 0 bridgehead atoms. The third-order valence-electron chi connectivity index (χ3n) is 3.24. The summed E-state index contributed by atoms with van der Waals surface area (Å²) in [6.45, 7) is 14.9. The predicted molar refractivity (Wildman–Crippen MR) is 66.6 cm³/mol. The van der Waals surface area contributed by atoms with Gasteiger partial charge in [0.25, 0.3) is 0 Å². The fraction of sp³-hybridized carbons (Fsp3) is 1.00. The van der Waals surface area contributed by atoms with Gasteiger partial charge in [-0.05, 0) is 24.2 Å². The van der Waals surface area contributed by atoms with Gasteiger partial charge >= 0.3 is 0 Å². The number of hydrogen-bond donors (Lipinski definition) is 1. The Bertz CT molecular complexity index is 158. The van der Waals surface area contributed by atoms with E-state index in [1.54, 1.807) is 0 Å². The topological polar surface area (TPSA) is 12.0 Å². The van der Waals surface area contributed by atoms with Gasteiger partial charge in [0.05, 0.1) is 16.1 Å². The van der Waals surface area contributed by atoms with Gasteiger partial charge in [-0.3, -0.25) is 0 Å². The lowest BCUT2D eigenvalue weighted by Gasteiger charge is -2.30. The molecule has 0 amide bonds. The van der Waals surface area contributed by atoms with Crippen molar-refractivity contribution in [3.63, 3.8) is 0 Å². The van der Waals surface area contributed by atoms with E-state index in [1.165, 1.54) is 12.8 Å². The van der Waals surface area contributed by atoms with Crippen molar-refractivity contribution >= 4 is 16.1 Å². The molecule has 1 aliphatic heterocycles. The van der Waals surface area contributed by atoms with Crippen LogP contribution >= 0.6 is 0 Å². The van der Waals surface area contributed by atoms with Crippen LogP contribution in [0.3, 0.4) is 0 Å². The van der Waals surface area contributed by atoms with Crippen molar-refractivity contribution in [3.8, 4) is 0 Å². The van der Waals surface area contributed by atoms with E-state index in [4.69, 9.17) is 0 Å². The maximum atomic E-state index is 3.89. The first kappa shape index (κ1) is 11.5. The Labute approximate surface area is 85.3 Å². The van der Waals surface area contributed by atoms with Gasteiger partial charge in [-0.25, -0.2) is 0 Å². The maximum Gasteiger partial charge on any atom is 0.0635 e. The Balaban J connectivity index is 2.55. The van der Waals surface area contributed by atoms with Crippen molar-refractivity contribution in [2.24, 2.45) is 0 Å². The SMILES string of the molecule is C[Si](C)(C)C1CCC([Si](C)(C)C)N1. The lowest BCUT2D eigenvalue weighted by atomic mass is 10.4. The first-order valence-electron chi connectivity index (χ1n) is 5.47. The van der Waals surface area contributed by atoms with E-state index in [2.05, 4.69) is 44.6 Å². The third-order valence-corrected chi connectivity index (χ3v) is 8.33. The Morgan fingerprint density at radius 1 is 0.769 bits per heavy atom. The Morgan fingerprint density at radius 3 is 1.23 bits per heavy atom. The predicted octanol–water partition coefficient (Wildman–Crippen LogP) is 2.86. The van der Waals surface area contributed by atoms with Crippen LogP contribution < -0.4 is 5.32 Å². The second-order valence-corrected chi connectivity index (χ2v) is 17.4. The molecule has 13 heavy (non-hydrogen) atoms. The first-order valence-corrected chi connectivity index (χ1v) is 12.6. The molecule has 78 valence electrons. The minimum absolute atomic E-state index is 0.879. The molecule has 1 heterocycles. The molecule has 1 N–H and O–H groups in total. The quantitative estimate of drug-likeness (QED) is 0.699. The van der Waals surface area contributed by atoms with Crippen LogP contribution in [0.1, 0.15) is 12.8 Å². The molecule has 2 atom stereocenters. The molecule has 0 aromatic rings. The van der Waals surface area contributed by atoms with Crippen molar-refractivity contribution in [2.75, 3.05) is 0 Å².